The Kier molecular flexibility index (Phi) is 4.68. The topological polar surface area (TPSA) is 31.4 Å². The highest BCUT2D eigenvalue weighted by Gasteiger charge is 2.36. The van der Waals surface area contributed by atoms with Crippen molar-refractivity contribution in [1.82, 2.24) is 4.98 Å². The van der Waals surface area contributed by atoms with E-state index in [0.29, 0.717) is 0 Å². The number of methoxy groups -OCH3 is 1. The molecule has 1 aliphatic heterocycles. The van der Waals surface area contributed by atoms with E-state index in [9.17, 15) is 0 Å². The van der Waals surface area contributed by atoms with Crippen LogP contribution in [0.5, 0.6) is 0 Å². The Hall–Kier alpha value is -1.14. The second kappa shape index (κ2) is 6.54. The molecule has 0 saturated carbocycles. The van der Waals surface area contributed by atoms with Crippen LogP contribution >= 0.6 is 23.6 Å². The van der Waals surface area contributed by atoms with Crippen LogP contribution in [0, 0.1) is 0 Å². The standard InChI is InChI=1S/C17H19NO2S2/c1-12(21)13-3-5-14(6-4-13)16-18-11-15(22-16)17(19-2)7-9-20-10-8-17/h3-6,11H,7-10H2,1-2H3. The van der Waals surface area contributed by atoms with E-state index in [1.165, 1.54) is 4.88 Å². The summed E-state index contributed by atoms with van der Waals surface area (Å²) in [7, 11) is 1.78. The van der Waals surface area contributed by atoms with E-state index < -0.39 is 0 Å². The molecule has 0 spiro atoms. The second-order valence-electron chi connectivity index (χ2n) is 5.47. The van der Waals surface area contributed by atoms with Gasteiger partial charge in [0.05, 0.1) is 4.88 Å². The van der Waals surface area contributed by atoms with Crippen molar-refractivity contribution in [2.24, 2.45) is 0 Å². The minimum Gasteiger partial charge on any atom is -0.381 e. The molecule has 3 rings (SSSR count). The molecule has 0 unspecified atom stereocenters. The molecule has 0 radical (unpaired) electrons. The molecular weight excluding hydrogens is 314 g/mol. The molecule has 0 N–H and O–H groups in total. The summed E-state index contributed by atoms with van der Waals surface area (Å²) in [4.78, 5) is 6.69. The fourth-order valence-electron chi connectivity index (χ4n) is 2.72. The highest BCUT2D eigenvalue weighted by atomic mass is 32.1. The molecule has 1 aromatic carbocycles. The predicted molar refractivity (Wildman–Crippen MR) is 93.7 cm³/mol. The number of benzene rings is 1. The van der Waals surface area contributed by atoms with Crippen molar-refractivity contribution in [3.05, 3.63) is 40.9 Å². The predicted octanol–water partition coefficient (Wildman–Crippen LogP) is 4.20. The smallest absolute Gasteiger partial charge is 0.123 e. The Morgan fingerprint density at radius 2 is 1.95 bits per heavy atom. The van der Waals surface area contributed by atoms with Crippen LogP contribution in [0.15, 0.2) is 30.5 Å². The van der Waals surface area contributed by atoms with E-state index in [4.69, 9.17) is 21.7 Å². The number of thiocarbonyl (C=S) groups is 1. The lowest BCUT2D eigenvalue weighted by Gasteiger charge is -2.34. The van der Waals surface area contributed by atoms with Gasteiger partial charge < -0.3 is 9.47 Å². The summed E-state index contributed by atoms with van der Waals surface area (Å²) >= 11 is 6.91. The average Bonchev–Trinajstić information content (AvgIpc) is 3.06. The molecule has 0 aliphatic carbocycles. The SMILES string of the molecule is COC1(c2cnc(-c3ccc(C(C)=S)cc3)s2)CCOCC1. The zero-order valence-corrected chi connectivity index (χ0v) is 14.4. The molecule has 1 fully saturated rings. The van der Waals surface area contributed by atoms with Crippen molar-refractivity contribution in [2.45, 2.75) is 25.4 Å². The van der Waals surface area contributed by atoms with E-state index in [-0.39, 0.29) is 5.60 Å². The van der Waals surface area contributed by atoms with Crippen LogP contribution < -0.4 is 0 Å². The van der Waals surface area contributed by atoms with Crippen LogP contribution in [0.3, 0.4) is 0 Å². The molecule has 1 aliphatic rings. The van der Waals surface area contributed by atoms with Gasteiger partial charge in [-0.1, -0.05) is 36.5 Å². The maximum atomic E-state index is 5.84. The number of rotatable bonds is 4. The fraction of sp³-hybridized carbons (Fsp3) is 0.412. The highest BCUT2D eigenvalue weighted by molar-refractivity contribution is 7.80. The number of hydrogen-bond acceptors (Lipinski definition) is 5. The normalized spacial score (nSPS) is 17.4. The maximum absolute atomic E-state index is 5.84. The van der Waals surface area contributed by atoms with Crippen LogP contribution in [0.2, 0.25) is 0 Å². The zero-order valence-electron chi connectivity index (χ0n) is 12.8. The molecular formula is C17H19NO2S2. The number of hydrogen-bond donors (Lipinski definition) is 0. The molecule has 5 heteroatoms. The molecule has 2 heterocycles. The monoisotopic (exact) mass is 333 g/mol. The van der Waals surface area contributed by atoms with E-state index in [1.807, 2.05) is 13.1 Å². The van der Waals surface area contributed by atoms with Gasteiger partial charge >= 0.3 is 0 Å². The van der Waals surface area contributed by atoms with Crippen molar-refractivity contribution in [1.29, 1.82) is 0 Å². The van der Waals surface area contributed by atoms with Gasteiger partial charge in [0.2, 0.25) is 0 Å². The van der Waals surface area contributed by atoms with Gasteiger partial charge in [0.1, 0.15) is 10.6 Å². The van der Waals surface area contributed by atoms with Gasteiger partial charge in [-0.15, -0.1) is 11.3 Å². The molecule has 1 saturated heterocycles. The highest BCUT2D eigenvalue weighted by Crippen LogP contribution is 2.40. The second-order valence-corrected chi connectivity index (χ2v) is 7.12. The molecule has 0 bridgehead atoms. The molecule has 0 atom stereocenters. The first-order valence-corrected chi connectivity index (χ1v) is 8.58. The first kappa shape index (κ1) is 15.7. The lowest BCUT2D eigenvalue weighted by molar-refractivity contribution is -0.0926. The minimum absolute atomic E-state index is 0.237. The van der Waals surface area contributed by atoms with Gasteiger partial charge in [-0.25, -0.2) is 4.98 Å². The summed E-state index contributed by atoms with van der Waals surface area (Å²) in [6.07, 6.45) is 3.72. The average molecular weight is 333 g/mol. The summed E-state index contributed by atoms with van der Waals surface area (Å²) in [5.41, 5.74) is 1.97. The Bertz CT molecular complexity index is 658. The van der Waals surface area contributed by atoms with Gasteiger partial charge in [0.25, 0.3) is 0 Å². The zero-order chi connectivity index (χ0) is 15.6. The molecule has 2 aromatic rings. The van der Waals surface area contributed by atoms with Crippen molar-refractivity contribution in [2.75, 3.05) is 20.3 Å². The lowest BCUT2D eigenvalue weighted by Crippen LogP contribution is -2.34. The van der Waals surface area contributed by atoms with Gasteiger partial charge in [-0.2, -0.15) is 0 Å². The Morgan fingerprint density at radius 1 is 1.27 bits per heavy atom. The van der Waals surface area contributed by atoms with E-state index in [2.05, 4.69) is 29.2 Å². The van der Waals surface area contributed by atoms with Crippen molar-refractivity contribution >= 4 is 28.4 Å². The van der Waals surface area contributed by atoms with Crippen LogP contribution in [0.25, 0.3) is 10.6 Å². The third kappa shape index (κ3) is 2.99. The van der Waals surface area contributed by atoms with E-state index in [1.54, 1.807) is 18.4 Å². The Labute approximate surface area is 140 Å². The van der Waals surface area contributed by atoms with Crippen LogP contribution in [0.4, 0.5) is 0 Å². The molecule has 116 valence electrons. The third-order valence-corrected chi connectivity index (χ3v) is 5.65. The molecule has 1 aromatic heterocycles. The summed E-state index contributed by atoms with van der Waals surface area (Å²) in [5, 5.41) is 1.02. The Balaban J connectivity index is 1.88. The third-order valence-electron chi connectivity index (χ3n) is 4.18. The van der Waals surface area contributed by atoms with Crippen molar-refractivity contribution in [3.8, 4) is 10.6 Å². The molecule has 22 heavy (non-hydrogen) atoms. The molecule has 0 amide bonds. The quantitative estimate of drug-likeness (QED) is 0.620. The van der Waals surface area contributed by atoms with Gasteiger partial charge in [0.15, 0.2) is 0 Å². The summed E-state index contributed by atoms with van der Waals surface area (Å²) in [6.45, 7) is 3.42. The Morgan fingerprint density at radius 3 is 2.55 bits per heavy atom. The summed E-state index contributed by atoms with van der Waals surface area (Å²) in [6, 6.07) is 8.27. The van der Waals surface area contributed by atoms with Crippen molar-refractivity contribution < 1.29 is 9.47 Å². The summed E-state index contributed by atoms with van der Waals surface area (Å²) in [5.74, 6) is 0. The first-order chi connectivity index (χ1) is 10.6. The van der Waals surface area contributed by atoms with E-state index >= 15 is 0 Å². The minimum atomic E-state index is -0.237. The summed E-state index contributed by atoms with van der Waals surface area (Å²) < 4.78 is 11.3. The number of ether oxygens (including phenoxy) is 2. The maximum Gasteiger partial charge on any atom is 0.123 e. The van der Waals surface area contributed by atoms with Gasteiger partial charge in [-0.05, 0) is 12.5 Å². The fourth-order valence-corrected chi connectivity index (χ4v) is 4.00. The van der Waals surface area contributed by atoms with Crippen LogP contribution in [0.1, 0.15) is 30.2 Å². The number of nitrogens with zero attached hydrogens (tertiary/aromatic N) is 1. The lowest BCUT2D eigenvalue weighted by atomic mass is 9.93. The molecule has 3 nitrogen and oxygen atoms in total. The van der Waals surface area contributed by atoms with E-state index in [0.717, 1.165) is 47.1 Å². The van der Waals surface area contributed by atoms with Gasteiger partial charge in [0, 0.05) is 49.8 Å². The van der Waals surface area contributed by atoms with Crippen molar-refractivity contribution in [3.63, 3.8) is 0 Å². The van der Waals surface area contributed by atoms with Gasteiger partial charge in [-0.3, -0.25) is 0 Å². The first-order valence-electron chi connectivity index (χ1n) is 7.35. The number of aromatic nitrogens is 1. The number of thiazole rings is 1. The van der Waals surface area contributed by atoms with Crippen LogP contribution in [-0.4, -0.2) is 30.2 Å². The van der Waals surface area contributed by atoms with Crippen LogP contribution in [-0.2, 0) is 15.1 Å². The largest absolute Gasteiger partial charge is 0.381 e.